The highest BCUT2D eigenvalue weighted by atomic mass is 16.6. The van der Waals surface area contributed by atoms with Crippen LogP contribution in [0.2, 0.25) is 0 Å². The van der Waals surface area contributed by atoms with E-state index in [1.54, 1.807) is 0 Å². The lowest BCUT2D eigenvalue weighted by Crippen LogP contribution is -2.46. The molecule has 0 spiro atoms. The number of nitrogens with zero attached hydrogens (tertiary/aromatic N) is 2. The van der Waals surface area contributed by atoms with E-state index in [1.807, 2.05) is 35.2 Å². The van der Waals surface area contributed by atoms with Crippen molar-refractivity contribution in [2.24, 2.45) is 5.92 Å². The van der Waals surface area contributed by atoms with Crippen molar-refractivity contribution in [1.29, 1.82) is 5.26 Å². The van der Waals surface area contributed by atoms with Gasteiger partial charge in [-0.3, -0.25) is 0 Å². The molecule has 110 valence electrons. The van der Waals surface area contributed by atoms with E-state index >= 15 is 0 Å². The summed E-state index contributed by atoms with van der Waals surface area (Å²) in [6, 6.07) is 12.6. The fourth-order valence-corrected chi connectivity index (χ4v) is 3.68. The Morgan fingerprint density at radius 3 is 2.52 bits per heavy atom. The summed E-state index contributed by atoms with van der Waals surface area (Å²) in [7, 11) is 0. The molecule has 4 nitrogen and oxygen atoms in total. The Kier molecular flexibility index (Phi) is 4.10. The molecular weight excluding hydrogens is 264 g/mol. The molecule has 2 aliphatic rings. The maximum absolute atomic E-state index is 12.3. The molecule has 1 amide bonds. The molecule has 0 N–H and O–H groups in total. The minimum atomic E-state index is -0.193. The smallest absolute Gasteiger partial charge is 0.410 e. The van der Waals surface area contributed by atoms with E-state index in [2.05, 4.69) is 6.07 Å². The van der Waals surface area contributed by atoms with Crippen LogP contribution >= 0.6 is 0 Å². The lowest BCUT2D eigenvalue weighted by molar-refractivity contribution is 0.0536. The van der Waals surface area contributed by atoms with E-state index in [-0.39, 0.29) is 18.2 Å². The number of ether oxygens (including phenoxy) is 1. The second-order valence-corrected chi connectivity index (χ2v) is 6.03. The number of benzene rings is 1. The average Bonchev–Trinajstić information content (AvgIpc) is 2.78. The molecule has 1 aromatic rings. The highest BCUT2D eigenvalue weighted by Gasteiger charge is 2.43. The van der Waals surface area contributed by atoms with Crippen LogP contribution in [0.25, 0.3) is 0 Å². The molecule has 0 saturated carbocycles. The first-order chi connectivity index (χ1) is 10.3. The normalized spacial score (nSPS) is 27.2. The van der Waals surface area contributed by atoms with Gasteiger partial charge in [-0.1, -0.05) is 30.3 Å². The van der Waals surface area contributed by atoms with Crippen LogP contribution in [0.15, 0.2) is 30.3 Å². The predicted molar refractivity (Wildman–Crippen MR) is 78.2 cm³/mol. The van der Waals surface area contributed by atoms with Crippen LogP contribution in [0.4, 0.5) is 4.79 Å². The summed E-state index contributed by atoms with van der Waals surface area (Å²) >= 11 is 0. The fraction of sp³-hybridized carbons (Fsp3) is 0.529. The highest BCUT2D eigenvalue weighted by Crippen LogP contribution is 2.40. The van der Waals surface area contributed by atoms with E-state index in [1.165, 1.54) is 0 Å². The van der Waals surface area contributed by atoms with Crippen molar-refractivity contribution in [3.8, 4) is 6.07 Å². The van der Waals surface area contributed by atoms with E-state index in [0.29, 0.717) is 18.9 Å². The van der Waals surface area contributed by atoms with Gasteiger partial charge in [0.2, 0.25) is 0 Å². The molecule has 2 saturated heterocycles. The van der Waals surface area contributed by atoms with Gasteiger partial charge in [-0.15, -0.1) is 0 Å². The van der Waals surface area contributed by atoms with Crippen molar-refractivity contribution in [2.45, 2.75) is 50.8 Å². The van der Waals surface area contributed by atoms with Crippen LogP contribution in [0, 0.1) is 17.2 Å². The van der Waals surface area contributed by atoms with Gasteiger partial charge in [0.05, 0.1) is 6.07 Å². The second-order valence-electron chi connectivity index (χ2n) is 6.03. The average molecular weight is 284 g/mol. The first-order valence-electron chi connectivity index (χ1n) is 7.64. The van der Waals surface area contributed by atoms with Crippen molar-refractivity contribution < 1.29 is 9.53 Å². The van der Waals surface area contributed by atoms with Gasteiger partial charge in [0.1, 0.15) is 6.61 Å². The lowest BCUT2D eigenvalue weighted by atomic mass is 9.89. The Labute approximate surface area is 125 Å². The molecule has 4 heteroatoms. The third-order valence-electron chi connectivity index (χ3n) is 4.63. The second kappa shape index (κ2) is 6.17. The molecule has 1 aromatic carbocycles. The zero-order valence-electron chi connectivity index (χ0n) is 12.1. The lowest BCUT2D eigenvalue weighted by Gasteiger charge is -2.37. The van der Waals surface area contributed by atoms with Crippen molar-refractivity contribution >= 4 is 6.09 Å². The minimum absolute atomic E-state index is 0.193. The van der Waals surface area contributed by atoms with Crippen LogP contribution in [-0.2, 0) is 11.3 Å². The summed E-state index contributed by atoms with van der Waals surface area (Å²) in [5.74, 6) is 0.450. The number of nitriles is 1. The van der Waals surface area contributed by atoms with Gasteiger partial charge in [0.15, 0.2) is 0 Å². The van der Waals surface area contributed by atoms with Crippen LogP contribution in [0.5, 0.6) is 0 Å². The SMILES string of the molecule is N#CCC1CC2CCC(C1)N2C(=O)OCc1ccccc1. The van der Waals surface area contributed by atoms with E-state index in [4.69, 9.17) is 10.00 Å². The fourth-order valence-electron chi connectivity index (χ4n) is 3.68. The third-order valence-corrected chi connectivity index (χ3v) is 4.63. The largest absolute Gasteiger partial charge is 0.445 e. The molecule has 2 atom stereocenters. The van der Waals surface area contributed by atoms with Gasteiger partial charge >= 0.3 is 6.09 Å². The number of rotatable bonds is 3. The molecular formula is C17H20N2O2. The summed E-state index contributed by atoms with van der Waals surface area (Å²) in [6.45, 7) is 0.331. The van der Waals surface area contributed by atoms with Gasteiger partial charge in [0, 0.05) is 18.5 Å². The van der Waals surface area contributed by atoms with Crippen molar-refractivity contribution in [1.82, 2.24) is 4.90 Å². The Balaban J connectivity index is 1.58. The van der Waals surface area contributed by atoms with E-state index < -0.39 is 0 Å². The Morgan fingerprint density at radius 2 is 1.90 bits per heavy atom. The van der Waals surface area contributed by atoms with Crippen LogP contribution in [0.3, 0.4) is 0 Å². The van der Waals surface area contributed by atoms with E-state index in [9.17, 15) is 4.79 Å². The summed E-state index contributed by atoms with van der Waals surface area (Å²) in [4.78, 5) is 14.3. The zero-order valence-corrected chi connectivity index (χ0v) is 12.1. The molecule has 2 heterocycles. The van der Waals surface area contributed by atoms with Gasteiger partial charge in [-0.2, -0.15) is 5.26 Å². The van der Waals surface area contributed by atoms with Gasteiger partial charge in [0.25, 0.3) is 0 Å². The number of hydrogen-bond donors (Lipinski definition) is 0. The number of amides is 1. The third kappa shape index (κ3) is 3.02. The van der Waals surface area contributed by atoms with E-state index in [0.717, 1.165) is 31.2 Å². The first kappa shape index (κ1) is 13.9. The van der Waals surface area contributed by atoms with Crippen LogP contribution in [0.1, 0.15) is 37.7 Å². The highest BCUT2D eigenvalue weighted by molar-refractivity contribution is 5.69. The summed E-state index contributed by atoms with van der Waals surface area (Å²) in [5, 5.41) is 8.84. The molecule has 21 heavy (non-hydrogen) atoms. The van der Waals surface area contributed by atoms with Gasteiger partial charge < -0.3 is 9.64 Å². The Hall–Kier alpha value is -2.02. The first-order valence-corrected chi connectivity index (χ1v) is 7.64. The number of carbonyl (C=O) groups is 1. The molecule has 2 bridgehead atoms. The van der Waals surface area contributed by atoms with Gasteiger partial charge in [-0.05, 0) is 37.2 Å². The maximum Gasteiger partial charge on any atom is 0.410 e. The monoisotopic (exact) mass is 284 g/mol. The molecule has 2 unspecified atom stereocenters. The summed E-state index contributed by atoms with van der Waals surface area (Å²) < 4.78 is 5.47. The maximum atomic E-state index is 12.3. The van der Waals surface area contributed by atoms with Crippen molar-refractivity contribution in [3.63, 3.8) is 0 Å². The topological polar surface area (TPSA) is 53.3 Å². The molecule has 0 radical (unpaired) electrons. The zero-order chi connectivity index (χ0) is 14.7. The number of piperidine rings is 1. The quantitative estimate of drug-likeness (QED) is 0.854. The molecule has 0 aromatic heterocycles. The standard InChI is InChI=1S/C17H20N2O2/c18-9-8-14-10-15-6-7-16(11-14)19(15)17(20)21-12-13-4-2-1-3-5-13/h1-5,14-16H,6-8,10-12H2. The number of hydrogen-bond acceptors (Lipinski definition) is 3. The molecule has 3 rings (SSSR count). The van der Waals surface area contributed by atoms with Crippen molar-refractivity contribution in [3.05, 3.63) is 35.9 Å². The van der Waals surface area contributed by atoms with Crippen molar-refractivity contribution in [2.75, 3.05) is 0 Å². The summed E-state index contributed by atoms with van der Waals surface area (Å²) in [5.41, 5.74) is 1.01. The molecule has 2 aliphatic heterocycles. The van der Waals surface area contributed by atoms with Gasteiger partial charge in [-0.25, -0.2) is 4.79 Å². The predicted octanol–water partition coefficient (Wildman–Crippen LogP) is 3.48. The molecule has 0 aliphatic carbocycles. The number of carbonyl (C=O) groups excluding carboxylic acids is 1. The minimum Gasteiger partial charge on any atom is -0.445 e. The van der Waals surface area contributed by atoms with Crippen LogP contribution < -0.4 is 0 Å². The van der Waals surface area contributed by atoms with Crippen LogP contribution in [-0.4, -0.2) is 23.1 Å². The number of fused-ring (bicyclic) bond motifs is 2. The Morgan fingerprint density at radius 1 is 1.24 bits per heavy atom. The molecule has 2 fully saturated rings. The summed E-state index contributed by atoms with van der Waals surface area (Å²) in [6.07, 6.45) is 4.41. The Bertz CT molecular complexity index is 523.